The van der Waals surface area contributed by atoms with Crippen molar-refractivity contribution >= 4 is 0 Å². The molecule has 0 aromatic heterocycles. The normalized spacial score (nSPS) is 24.3. The van der Waals surface area contributed by atoms with Crippen molar-refractivity contribution in [2.24, 2.45) is 5.73 Å². The van der Waals surface area contributed by atoms with Gasteiger partial charge in [-0.1, -0.05) is 6.92 Å². The molecule has 3 N–H and O–H groups in total. The van der Waals surface area contributed by atoms with Crippen LogP contribution in [0.3, 0.4) is 0 Å². The number of aliphatic hydroxyl groups is 1. The Morgan fingerprint density at radius 2 is 2.21 bits per heavy atom. The van der Waals surface area contributed by atoms with Crippen LogP contribution in [-0.2, 0) is 4.74 Å². The Balaban J connectivity index is 2.12. The van der Waals surface area contributed by atoms with Crippen LogP contribution in [0.25, 0.3) is 0 Å². The summed E-state index contributed by atoms with van der Waals surface area (Å²) in [5.41, 5.74) is 4.83. The smallest absolute Gasteiger partial charge is 0.0741 e. The van der Waals surface area contributed by atoms with E-state index in [9.17, 15) is 5.11 Å². The van der Waals surface area contributed by atoms with Crippen LogP contribution in [-0.4, -0.2) is 54.5 Å². The molecule has 2 unspecified atom stereocenters. The van der Waals surface area contributed by atoms with Gasteiger partial charge in [0, 0.05) is 19.7 Å². The van der Waals surface area contributed by atoms with Gasteiger partial charge in [-0.2, -0.15) is 0 Å². The van der Waals surface area contributed by atoms with Crippen LogP contribution in [0, 0.1) is 0 Å². The van der Waals surface area contributed by atoms with Gasteiger partial charge < -0.3 is 20.5 Å². The molecule has 4 heteroatoms. The fraction of sp³-hybridized carbons (Fsp3) is 1.00. The average molecular weight is 272 g/mol. The van der Waals surface area contributed by atoms with Crippen molar-refractivity contribution in [3.63, 3.8) is 0 Å². The van der Waals surface area contributed by atoms with E-state index in [4.69, 9.17) is 10.5 Å². The highest BCUT2D eigenvalue weighted by Gasteiger charge is 2.20. The minimum absolute atomic E-state index is 0.351. The molecular formula is C15H32N2O2. The third-order valence-electron chi connectivity index (χ3n) is 3.90. The van der Waals surface area contributed by atoms with Crippen molar-refractivity contribution in [3.05, 3.63) is 0 Å². The summed E-state index contributed by atoms with van der Waals surface area (Å²) in [5.74, 6) is 0. The van der Waals surface area contributed by atoms with Crippen molar-refractivity contribution < 1.29 is 9.84 Å². The summed E-state index contributed by atoms with van der Waals surface area (Å²) in [6.45, 7) is 8.60. The number of hydrogen-bond donors (Lipinski definition) is 2. The van der Waals surface area contributed by atoms with Gasteiger partial charge in [0.25, 0.3) is 0 Å². The highest BCUT2D eigenvalue weighted by atomic mass is 16.5. The monoisotopic (exact) mass is 272 g/mol. The summed E-state index contributed by atoms with van der Waals surface area (Å²) in [4.78, 5) is 2.50. The maximum absolute atomic E-state index is 9.84. The lowest BCUT2D eigenvalue weighted by atomic mass is 9.99. The summed E-state index contributed by atoms with van der Waals surface area (Å²) in [5, 5.41) is 9.84. The zero-order chi connectivity index (χ0) is 14.1. The first-order valence-electron chi connectivity index (χ1n) is 7.84. The summed E-state index contributed by atoms with van der Waals surface area (Å²) < 4.78 is 5.84. The molecule has 0 bridgehead atoms. The summed E-state index contributed by atoms with van der Waals surface area (Å²) in [7, 11) is 0. The Morgan fingerprint density at radius 3 is 2.89 bits per heavy atom. The van der Waals surface area contributed by atoms with Crippen molar-refractivity contribution in [1.82, 2.24) is 4.90 Å². The molecule has 1 heterocycles. The molecule has 0 aromatic rings. The van der Waals surface area contributed by atoms with E-state index in [1.165, 1.54) is 19.4 Å². The van der Waals surface area contributed by atoms with E-state index in [0.717, 1.165) is 45.4 Å². The predicted octanol–water partition coefficient (Wildman–Crippen LogP) is 1.76. The van der Waals surface area contributed by atoms with Gasteiger partial charge in [-0.05, 0) is 58.5 Å². The van der Waals surface area contributed by atoms with Crippen LogP contribution < -0.4 is 5.73 Å². The number of likely N-dealkylation sites (tertiary alicyclic amines) is 1. The van der Waals surface area contributed by atoms with Gasteiger partial charge in [0.15, 0.2) is 0 Å². The molecule has 0 aromatic carbocycles. The number of hydrogen-bond acceptors (Lipinski definition) is 4. The van der Waals surface area contributed by atoms with Crippen molar-refractivity contribution in [3.8, 4) is 0 Å². The molecule has 4 nitrogen and oxygen atoms in total. The van der Waals surface area contributed by atoms with Gasteiger partial charge in [-0.3, -0.25) is 0 Å². The number of piperidine rings is 1. The van der Waals surface area contributed by atoms with Gasteiger partial charge in [-0.25, -0.2) is 0 Å². The zero-order valence-corrected chi connectivity index (χ0v) is 12.7. The molecule has 1 saturated heterocycles. The van der Waals surface area contributed by atoms with Crippen LogP contribution in [0.2, 0.25) is 0 Å². The van der Waals surface area contributed by atoms with E-state index >= 15 is 0 Å². The first kappa shape index (κ1) is 16.9. The summed E-state index contributed by atoms with van der Waals surface area (Å²) in [6.07, 6.45) is 6.96. The molecule has 19 heavy (non-hydrogen) atoms. The van der Waals surface area contributed by atoms with Crippen molar-refractivity contribution in [1.29, 1.82) is 0 Å². The number of nitrogens with two attached hydrogens (primary N) is 1. The molecule has 0 amide bonds. The second-order valence-electron chi connectivity index (χ2n) is 6.09. The second-order valence-corrected chi connectivity index (χ2v) is 6.09. The molecule has 1 fully saturated rings. The van der Waals surface area contributed by atoms with Gasteiger partial charge in [0.05, 0.1) is 11.7 Å². The van der Waals surface area contributed by atoms with Gasteiger partial charge in [0.1, 0.15) is 0 Å². The Hall–Kier alpha value is -0.160. The van der Waals surface area contributed by atoms with Gasteiger partial charge in [0.2, 0.25) is 0 Å². The number of rotatable bonds is 9. The van der Waals surface area contributed by atoms with Crippen molar-refractivity contribution in [2.75, 3.05) is 32.8 Å². The topological polar surface area (TPSA) is 58.7 Å². The minimum Gasteiger partial charge on any atom is -0.389 e. The van der Waals surface area contributed by atoms with E-state index in [1.54, 1.807) is 0 Å². The second kappa shape index (κ2) is 8.90. The van der Waals surface area contributed by atoms with Gasteiger partial charge >= 0.3 is 0 Å². The van der Waals surface area contributed by atoms with Crippen LogP contribution in [0.5, 0.6) is 0 Å². The molecule has 114 valence electrons. The maximum Gasteiger partial charge on any atom is 0.0741 e. The molecule has 0 aliphatic carbocycles. The first-order valence-corrected chi connectivity index (χ1v) is 7.84. The molecule has 2 atom stereocenters. The third kappa shape index (κ3) is 7.25. The number of nitrogens with zero attached hydrogens (tertiary/aromatic N) is 1. The Bertz CT molecular complexity index is 234. The van der Waals surface area contributed by atoms with Crippen LogP contribution in [0.1, 0.15) is 52.4 Å². The fourth-order valence-electron chi connectivity index (χ4n) is 2.58. The SMILES string of the molecule is CCCOC1CCCN(CCCCC(C)(O)CN)C1. The van der Waals surface area contributed by atoms with E-state index in [0.29, 0.717) is 12.6 Å². The quantitative estimate of drug-likeness (QED) is 0.628. The molecule has 1 aliphatic rings. The molecule has 1 rings (SSSR count). The number of ether oxygens (including phenoxy) is 1. The lowest BCUT2D eigenvalue weighted by Crippen LogP contribution is -2.40. The summed E-state index contributed by atoms with van der Waals surface area (Å²) in [6, 6.07) is 0. The lowest BCUT2D eigenvalue weighted by molar-refractivity contribution is -0.00116. The van der Waals surface area contributed by atoms with Crippen LogP contribution >= 0.6 is 0 Å². The first-order chi connectivity index (χ1) is 9.07. The van der Waals surface area contributed by atoms with E-state index in [2.05, 4.69) is 11.8 Å². The lowest BCUT2D eigenvalue weighted by Gasteiger charge is -2.32. The standard InChI is InChI=1S/C15H32N2O2/c1-3-11-19-14-7-6-10-17(12-14)9-5-4-8-15(2,18)13-16/h14,18H,3-13,16H2,1-2H3. The molecule has 0 radical (unpaired) electrons. The average Bonchev–Trinajstić information content (AvgIpc) is 2.42. The zero-order valence-electron chi connectivity index (χ0n) is 12.7. The largest absolute Gasteiger partial charge is 0.389 e. The predicted molar refractivity (Wildman–Crippen MR) is 79.2 cm³/mol. The third-order valence-corrected chi connectivity index (χ3v) is 3.90. The van der Waals surface area contributed by atoms with Crippen molar-refractivity contribution in [2.45, 2.75) is 64.1 Å². The molecular weight excluding hydrogens is 240 g/mol. The highest BCUT2D eigenvalue weighted by Crippen LogP contribution is 2.16. The minimum atomic E-state index is -0.686. The molecule has 0 spiro atoms. The molecule has 0 saturated carbocycles. The number of unbranched alkanes of at least 4 members (excludes halogenated alkanes) is 1. The van der Waals surface area contributed by atoms with E-state index in [1.807, 2.05) is 6.92 Å². The fourth-order valence-corrected chi connectivity index (χ4v) is 2.58. The van der Waals surface area contributed by atoms with E-state index < -0.39 is 5.60 Å². The van der Waals surface area contributed by atoms with Crippen LogP contribution in [0.15, 0.2) is 0 Å². The molecule has 1 aliphatic heterocycles. The Kier molecular flexibility index (Phi) is 7.91. The van der Waals surface area contributed by atoms with Crippen LogP contribution in [0.4, 0.5) is 0 Å². The Labute approximate surface area is 118 Å². The Morgan fingerprint density at radius 1 is 1.42 bits per heavy atom. The summed E-state index contributed by atoms with van der Waals surface area (Å²) >= 11 is 0. The highest BCUT2D eigenvalue weighted by molar-refractivity contribution is 4.75. The van der Waals surface area contributed by atoms with Gasteiger partial charge in [-0.15, -0.1) is 0 Å². The maximum atomic E-state index is 9.84. The van der Waals surface area contributed by atoms with E-state index in [-0.39, 0.29) is 0 Å².